The Morgan fingerprint density at radius 1 is 1.09 bits per heavy atom. The van der Waals surface area contributed by atoms with E-state index in [-0.39, 0.29) is 40.2 Å². The number of rotatable bonds is 5. The number of ether oxygens (including phenoxy) is 1. The molecule has 2 N–H and O–H groups in total. The summed E-state index contributed by atoms with van der Waals surface area (Å²) >= 11 is 0. The van der Waals surface area contributed by atoms with E-state index in [4.69, 9.17) is 4.74 Å². The van der Waals surface area contributed by atoms with E-state index < -0.39 is 27.6 Å². The number of aliphatic imine (C=N–C) groups is 1. The predicted octanol–water partition coefficient (Wildman–Crippen LogP) is 3.18. The van der Waals surface area contributed by atoms with Crippen LogP contribution in [0.25, 0.3) is 0 Å². The maximum Gasteiger partial charge on any atom is 0.316 e. The maximum absolute atomic E-state index is 14.9. The SMILES string of the molecule is COc1ncc(CN=C2Nc3c(ccc(F)c3[C@H](C)c3ccccc3F)S(=O)(=O)N2)cn1. The molecular weight excluding hydrogens is 440 g/mol. The van der Waals surface area contributed by atoms with Gasteiger partial charge in [0.1, 0.15) is 16.5 Å². The Hall–Kier alpha value is -3.60. The van der Waals surface area contributed by atoms with Crippen molar-refractivity contribution in [2.24, 2.45) is 4.99 Å². The highest BCUT2D eigenvalue weighted by Crippen LogP contribution is 2.38. The lowest BCUT2D eigenvalue weighted by atomic mass is 9.91. The van der Waals surface area contributed by atoms with Gasteiger partial charge in [0.25, 0.3) is 10.0 Å². The summed E-state index contributed by atoms with van der Waals surface area (Å²) in [7, 11) is -2.59. The van der Waals surface area contributed by atoms with Crippen molar-refractivity contribution in [2.45, 2.75) is 24.3 Å². The molecule has 4 rings (SSSR count). The molecule has 1 aliphatic heterocycles. The molecular formula is C21H19F2N5O3S. The van der Waals surface area contributed by atoms with E-state index in [9.17, 15) is 17.2 Å². The molecule has 166 valence electrons. The summed E-state index contributed by atoms with van der Waals surface area (Å²) in [5, 5.41) is 2.86. The Balaban J connectivity index is 1.73. The third-order valence-corrected chi connectivity index (χ3v) is 6.39. The van der Waals surface area contributed by atoms with E-state index in [1.54, 1.807) is 13.0 Å². The van der Waals surface area contributed by atoms with Crippen LogP contribution in [0.3, 0.4) is 0 Å². The monoisotopic (exact) mass is 459 g/mol. The summed E-state index contributed by atoms with van der Waals surface area (Å²) in [4.78, 5) is 12.0. The van der Waals surface area contributed by atoms with E-state index in [1.165, 1.54) is 37.7 Å². The molecule has 2 aromatic carbocycles. The van der Waals surface area contributed by atoms with Gasteiger partial charge in [-0.1, -0.05) is 25.1 Å². The molecule has 32 heavy (non-hydrogen) atoms. The number of fused-ring (bicyclic) bond motifs is 1. The summed E-state index contributed by atoms with van der Waals surface area (Å²) < 4.78 is 62.1. The van der Waals surface area contributed by atoms with Gasteiger partial charge in [-0.15, -0.1) is 0 Å². The molecule has 0 fully saturated rings. The van der Waals surface area contributed by atoms with Gasteiger partial charge in [-0.05, 0) is 23.8 Å². The Labute approximate surface area is 183 Å². The number of benzene rings is 2. The van der Waals surface area contributed by atoms with Crippen LogP contribution < -0.4 is 14.8 Å². The summed E-state index contributed by atoms with van der Waals surface area (Å²) in [5.74, 6) is -2.03. The van der Waals surface area contributed by atoms with Crippen molar-refractivity contribution >= 4 is 21.7 Å². The molecule has 0 amide bonds. The van der Waals surface area contributed by atoms with Gasteiger partial charge < -0.3 is 10.1 Å². The number of hydrogen-bond acceptors (Lipinski definition) is 6. The lowest BCUT2D eigenvalue weighted by molar-refractivity contribution is 0.379. The first-order chi connectivity index (χ1) is 15.3. The molecule has 2 heterocycles. The van der Waals surface area contributed by atoms with Crippen molar-refractivity contribution in [1.29, 1.82) is 0 Å². The molecule has 0 bridgehead atoms. The fraction of sp³-hybridized carbons (Fsp3) is 0.190. The molecule has 0 unspecified atom stereocenters. The Bertz CT molecular complexity index is 1300. The number of hydrogen-bond donors (Lipinski definition) is 2. The molecule has 0 radical (unpaired) electrons. The predicted molar refractivity (Wildman–Crippen MR) is 114 cm³/mol. The van der Waals surface area contributed by atoms with Crippen LogP contribution in [-0.2, 0) is 16.6 Å². The molecule has 11 heteroatoms. The zero-order chi connectivity index (χ0) is 22.9. The fourth-order valence-electron chi connectivity index (χ4n) is 3.43. The molecule has 1 aliphatic rings. The van der Waals surface area contributed by atoms with Crippen molar-refractivity contribution in [3.63, 3.8) is 0 Å². The first-order valence-corrected chi connectivity index (χ1v) is 11.0. The quantitative estimate of drug-likeness (QED) is 0.607. The number of anilines is 1. The van der Waals surface area contributed by atoms with E-state index >= 15 is 0 Å². The topological polar surface area (TPSA) is 106 Å². The van der Waals surface area contributed by atoms with Gasteiger partial charge in [0.2, 0.25) is 5.96 Å². The Morgan fingerprint density at radius 2 is 1.81 bits per heavy atom. The molecule has 8 nitrogen and oxygen atoms in total. The number of sulfonamides is 1. The maximum atomic E-state index is 14.9. The summed E-state index contributed by atoms with van der Waals surface area (Å²) in [6, 6.07) is 8.38. The third-order valence-electron chi connectivity index (χ3n) is 5.01. The lowest BCUT2D eigenvalue weighted by Crippen LogP contribution is -2.41. The van der Waals surface area contributed by atoms with Crippen LogP contribution >= 0.6 is 0 Å². The summed E-state index contributed by atoms with van der Waals surface area (Å²) in [6.07, 6.45) is 2.99. The van der Waals surface area contributed by atoms with Gasteiger partial charge in [0, 0.05) is 29.4 Å². The smallest absolute Gasteiger partial charge is 0.316 e. The van der Waals surface area contributed by atoms with E-state index in [0.717, 1.165) is 12.1 Å². The van der Waals surface area contributed by atoms with Gasteiger partial charge in [-0.25, -0.2) is 36.9 Å². The van der Waals surface area contributed by atoms with Gasteiger partial charge in [-0.3, -0.25) is 0 Å². The number of guanidine groups is 1. The highest BCUT2D eigenvalue weighted by molar-refractivity contribution is 7.90. The second-order valence-corrected chi connectivity index (χ2v) is 8.70. The minimum absolute atomic E-state index is 0.0178. The minimum atomic E-state index is -4.03. The third kappa shape index (κ3) is 4.11. The largest absolute Gasteiger partial charge is 0.467 e. The van der Waals surface area contributed by atoms with Crippen LogP contribution in [0.4, 0.5) is 14.5 Å². The van der Waals surface area contributed by atoms with E-state index in [0.29, 0.717) is 5.56 Å². The molecule has 1 atom stereocenters. The zero-order valence-corrected chi connectivity index (χ0v) is 18.0. The summed E-state index contributed by atoms with van der Waals surface area (Å²) in [5.41, 5.74) is 0.887. The number of methoxy groups -OCH3 is 1. The highest BCUT2D eigenvalue weighted by Gasteiger charge is 2.32. The van der Waals surface area contributed by atoms with Crippen LogP contribution in [0.2, 0.25) is 0 Å². The van der Waals surface area contributed by atoms with Crippen LogP contribution in [-0.4, -0.2) is 31.5 Å². The molecule has 0 aliphatic carbocycles. The normalized spacial score (nSPS) is 16.6. The van der Waals surface area contributed by atoms with Gasteiger partial charge >= 0.3 is 6.01 Å². The van der Waals surface area contributed by atoms with Crippen molar-refractivity contribution < 1.29 is 21.9 Å². The van der Waals surface area contributed by atoms with Crippen LogP contribution in [0.1, 0.15) is 29.5 Å². The molecule has 3 aromatic rings. The standard InChI is InChI=1S/C21H19F2N5O3S/c1-12(14-5-3-4-6-15(14)22)18-16(23)7-8-17-19(18)27-20(28-32(17,29)30)24-9-13-10-25-21(31-2)26-11-13/h3-8,10-12H,9H2,1-2H3,(H2,24,27,28)/t12-/m1/s1. The Morgan fingerprint density at radius 3 is 2.50 bits per heavy atom. The first-order valence-electron chi connectivity index (χ1n) is 9.56. The van der Waals surface area contributed by atoms with Crippen LogP contribution in [0.5, 0.6) is 6.01 Å². The molecule has 1 aromatic heterocycles. The highest BCUT2D eigenvalue weighted by atomic mass is 32.2. The summed E-state index contributed by atoms with van der Waals surface area (Å²) in [6.45, 7) is 1.66. The average molecular weight is 459 g/mol. The number of aromatic nitrogens is 2. The number of nitrogens with one attached hydrogen (secondary N) is 2. The van der Waals surface area contributed by atoms with Crippen LogP contribution in [0, 0.1) is 11.6 Å². The van der Waals surface area contributed by atoms with Gasteiger partial charge in [0.15, 0.2) is 0 Å². The minimum Gasteiger partial charge on any atom is -0.467 e. The van der Waals surface area contributed by atoms with E-state index in [2.05, 4.69) is 25.0 Å². The molecule has 0 spiro atoms. The van der Waals surface area contributed by atoms with E-state index in [1.807, 2.05) is 0 Å². The second-order valence-electron chi connectivity index (χ2n) is 7.05. The fourth-order valence-corrected chi connectivity index (χ4v) is 4.59. The average Bonchev–Trinajstić information content (AvgIpc) is 2.77. The molecule has 0 saturated heterocycles. The molecule has 0 saturated carbocycles. The first kappa shape index (κ1) is 21.6. The second kappa shape index (κ2) is 8.50. The Kier molecular flexibility index (Phi) is 5.74. The van der Waals surface area contributed by atoms with Gasteiger partial charge in [0.05, 0.1) is 19.3 Å². The number of nitrogens with zero attached hydrogens (tertiary/aromatic N) is 3. The zero-order valence-electron chi connectivity index (χ0n) is 17.1. The number of halogens is 2. The van der Waals surface area contributed by atoms with Crippen molar-refractivity contribution in [2.75, 3.05) is 12.4 Å². The lowest BCUT2D eigenvalue weighted by Gasteiger charge is -2.26. The van der Waals surface area contributed by atoms with Crippen molar-refractivity contribution in [3.05, 3.63) is 77.1 Å². The van der Waals surface area contributed by atoms with Gasteiger partial charge in [-0.2, -0.15) is 0 Å². The van der Waals surface area contributed by atoms with Crippen LogP contribution in [0.15, 0.2) is 58.7 Å². The van der Waals surface area contributed by atoms with Crippen molar-refractivity contribution in [1.82, 2.24) is 14.7 Å². The van der Waals surface area contributed by atoms with Crippen molar-refractivity contribution in [3.8, 4) is 6.01 Å².